The Bertz CT molecular complexity index is 360. The van der Waals surface area contributed by atoms with Crippen LogP contribution in [0.25, 0.3) is 0 Å². The highest BCUT2D eigenvalue weighted by atomic mass is 79.9. The summed E-state index contributed by atoms with van der Waals surface area (Å²) in [5, 5.41) is 18.1. The number of halogens is 3. The molecule has 1 rings (SSSR count). The van der Waals surface area contributed by atoms with E-state index in [0.717, 1.165) is 6.07 Å². The van der Waals surface area contributed by atoms with E-state index >= 15 is 0 Å². The number of aliphatic hydroxyl groups excluding tert-OH is 1. The number of hydrogen-bond acceptors (Lipinski definition) is 3. The first kappa shape index (κ1) is 11.4. The van der Waals surface area contributed by atoms with Crippen molar-refractivity contribution in [3.8, 4) is 5.75 Å². The van der Waals surface area contributed by atoms with Crippen LogP contribution < -0.4 is 5.73 Å². The van der Waals surface area contributed by atoms with Crippen LogP contribution in [-0.4, -0.2) is 16.8 Å². The van der Waals surface area contributed by atoms with E-state index in [4.69, 9.17) is 10.8 Å². The third kappa shape index (κ3) is 1.87. The minimum atomic E-state index is -1.18. The van der Waals surface area contributed by atoms with Gasteiger partial charge in [0, 0.05) is 5.56 Å². The highest BCUT2D eigenvalue weighted by molar-refractivity contribution is 9.10. The van der Waals surface area contributed by atoms with Crippen LogP contribution in [-0.2, 0) is 0 Å². The molecule has 1 aromatic rings. The Labute approximate surface area is 87.3 Å². The van der Waals surface area contributed by atoms with Crippen LogP contribution >= 0.6 is 15.9 Å². The third-order valence-electron chi connectivity index (χ3n) is 1.76. The topological polar surface area (TPSA) is 66.5 Å². The second-order valence-electron chi connectivity index (χ2n) is 2.71. The first-order valence-electron chi connectivity index (χ1n) is 3.71. The van der Waals surface area contributed by atoms with Crippen molar-refractivity contribution in [1.82, 2.24) is 0 Å². The van der Waals surface area contributed by atoms with Gasteiger partial charge < -0.3 is 15.9 Å². The van der Waals surface area contributed by atoms with Crippen molar-refractivity contribution >= 4 is 15.9 Å². The molecular weight excluding hydrogens is 260 g/mol. The molecule has 0 saturated heterocycles. The summed E-state index contributed by atoms with van der Waals surface area (Å²) in [6.07, 6.45) is 0. The lowest BCUT2D eigenvalue weighted by Gasteiger charge is -2.12. The number of benzene rings is 1. The Kier molecular flexibility index (Phi) is 3.41. The molecule has 0 aliphatic rings. The second kappa shape index (κ2) is 4.20. The van der Waals surface area contributed by atoms with Gasteiger partial charge in [-0.2, -0.15) is 0 Å². The van der Waals surface area contributed by atoms with Gasteiger partial charge in [-0.05, 0) is 22.0 Å². The minimum Gasteiger partial charge on any atom is -0.506 e. The van der Waals surface area contributed by atoms with Crippen LogP contribution in [0.5, 0.6) is 5.75 Å². The molecule has 0 amide bonds. The van der Waals surface area contributed by atoms with Crippen molar-refractivity contribution < 1.29 is 19.0 Å². The summed E-state index contributed by atoms with van der Waals surface area (Å²) >= 11 is 2.68. The highest BCUT2D eigenvalue weighted by Crippen LogP contribution is 2.34. The number of aromatic hydroxyl groups is 1. The number of rotatable bonds is 2. The lowest BCUT2D eigenvalue weighted by molar-refractivity contribution is 0.264. The summed E-state index contributed by atoms with van der Waals surface area (Å²) in [5.41, 5.74) is 5.32. The van der Waals surface area contributed by atoms with E-state index in [1.807, 2.05) is 0 Å². The van der Waals surface area contributed by atoms with Crippen LogP contribution in [0.3, 0.4) is 0 Å². The number of phenols is 1. The average Bonchev–Trinajstić information content (AvgIpc) is 2.19. The lowest BCUT2D eigenvalue weighted by Crippen LogP contribution is -2.15. The summed E-state index contributed by atoms with van der Waals surface area (Å²) in [4.78, 5) is 0. The molecule has 4 N–H and O–H groups in total. The standard InChI is InChI=1S/C8H8BrF2NO2/c9-6-7(11)4(10)1-3(8(6)14)5(12)2-13/h1,5,13-14H,2,12H2. The van der Waals surface area contributed by atoms with Gasteiger partial charge in [0.15, 0.2) is 11.6 Å². The van der Waals surface area contributed by atoms with Crippen LogP contribution in [0.4, 0.5) is 8.78 Å². The fourth-order valence-electron chi connectivity index (χ4n) is 0.985. The SMILES string of the molecule is NC(CO)c1cc(F)c(F)c(Br)c1O. The van der Waals surface area contributed by atoms with E-state index in [0.29, 0.717) is 0 Å². The fourth-order valence-corrected chi connectivity index (χ4v) is 1.40. The van der Waals surface area contributed by atoms with Gasteiger partial charge in [0.1, 0.15) is 5.75 Å². The molecule has 1 atom stereocenters. The van der Waals surface area contributed by atoms with Crippen LogP contribution in [0, 0.1) is 11.6 Å². The fraction of sp³-hybridized carbons (Fsp3) is 0.250. The van der Waals surface area contributed by atoms with E-state index < -0.39 is 34.5 Å². The van der Waals surface area contributed by atoms with Gasteiger partial charge in [0.2, 0.25) is 0 Å². The number of nitrogens with two attached hydrogens (primary N) is 1. The monoisotopic (exact) mass is 267 g/mol. The molecule has 0 radical (unpaired) electrons. The van der Waals surface area contributed by atoms with Gasteiger partial charge >= 0.3 is 0 Å². The number of hydrogen-bond donors (Lipinski definition) is 3. The van der Waals surface area contributed by atoms with Gasteiger partial charge in [-0.15, -0.1) is 0 Å². The molecule has 6 heteroatoms. The van der Waals surface area contributed by atoms with Gasteiger partial charge in [0.05, 0.1) is 17.1 Å². The molecular formula is C8H8BrF2NO2. The van der Waals surface area contributed by atoms with Crippen molar-refractivity contribution in [2.75, 3.05) is 6.61 Å². The van der Waals surface area contributed by atoms with Gasteiger partial charge in [0.25, 0.3) is 0 Å². The maximum atomic E-state index is 12.9. The molecule has 0 aromatic heterocycles. The van der Waals surface area contributed by atoms with Crippen molar-refractivity contribution in [1.29, 1.82) is 0 Å². The van der Waals surface area contributed by atoms with Crippen molar-refractivity contribution in [3.05, 3.63) is 27.7 Å². The molecule has 1 aromatic carbocycles. The maximum absolute atomic E-state index is 12.9. The van der Waals surface area contributed by atoms with Gasteiger partial charge in [-0.1, -0.05) is 0 Å². The summed E-state index contributed by atoms with van der Waals surface area (Å²) in [7, 11) is 0. The predicted octanol–water partition coefficient (Wildman–Crippen LogP) is 1.42. The quantitative estimate of drug-likeness (QED) is 0.711. The Morgan fingerprint density at radius 1 is 1.50 bits per heavy atom. The zero-order valence-corrected chi connectivity index (χ0v) is 8.55. The van der Waals surface area contributed by atoms with E-state index in [-0.39, 0.29) is 5.56 Å². The molecule has 0 heterocycles. The molecule has 0 aliphatic heterocycles. The first-order chi connectivity index (χ1) is 6.49. The van der Waals surface area contributed by atoms with Gasteiger partial charge in [-0.3, -0.25) is 0 Å². The molecule has 78 valence electrons. The molecule has 0 bridgehead atoms. The molecule has 0 saturated carbocycles. The smallest absolute Gasteiger partial charge is 0.176 e. The van der Waals surface area contributed by atoms with E-state index in [9.17, 15) is 13.9 Å². The number of phenolic OH excluding ortho intramolecular Hbond substituents is 1. The van der Waals surface area contributed by atoms with E-state index in [1.54, 1.807) is 0 Å². The summed E-state index contributed by atoms with van der Waals surface area (Å²) in [6, 6.07) is -0.183. The molecule has 0 spiro atoms. The summed E-state index contributed by atoms with van der Waals surface area (Å²) in [6.45, 7) is -0.467. The van der Waals surface area contributed by atoms with E-state index in [1.165, 1.54) is 0 Å². The minimum absolute atomic E-state index is 0.0433. The number of aliphatic hydroxyl groups is 1. The molecule has 14 heavy (non-hydrogen) atoms. The summed E-state index contributed by atoms with van der Waals surface area (Å²) < 4.78 is 25.3. The van der Waals surface area contributed by atoms with Crippen molar-refractivity contribution in [2.24, 2.45) is 5.73 Å². The highest BCUT2D eigenvalue weighted by Gasteiger charge is 2.19. The average molecular weight is 268 g/mol. The van der Waals surface area contributed by atoms with Crippen molar-refractivity contribution in [3.63, 3.8) is 0 Å². The maximum Gasteiger partial charge on any atom is 0.176 e. The van der Waals surface area contributed by atoms with Crippen LogP contribution in [0.1, 0.15) is 11.6 Å². The molecule has 0 aliphatic carbocycles. The van der Waals surface area contributed by atoms with Crippen LogP contribution in [0.2, 0.25) is 0 Å². The first-order valence-corrected chi connectivity index (χ1v) is 4.51. The van der Waals surface area contributed by atoms with Gasteiger partial charge in [-0.25, -0.2) is 8.78 Å². The largest absolute Gasteiger partial charge is 0.506 e. The van der Waals surface area contributed by atoms with Crippen LogP contribution in [0.15, 0.2) is 10.5 Å². The molecule has 0 fully saturated rings. The zero-order chi connectivity index (χ0) is 10.9. The lowest BCUT2D eigenvalue weighted by atomic mass is 10.1. The zero-order valence-electron chi connectivity index (χ0n) is 6.97. The Morgan fingerprint density at radius 3 is 2.57 bits per heavy atom. The Balaban J connectivity index is 3.33. The normalized spacial score (nSPS) is 12.9. The van der Waals surface area contributed by atoms with E-state index in [2.05, 4.69) is 15.9 Å². The Morgan fingerprint density at radius 2 is 2.07 bits per heavy atom. The summed E-state index contributed by atoms with van der Waals surface area (Å²) in [5.74, 6) is -2.81. The molecule has 1 unspecified atom stereocenters. The Hall–Kier alpha value is -0.720. The third-order valence-corrected chi connectivity index (χ3v) is 2.49. The second-order valence-corrected chi connectivity index (χ2v) is 3.51. The predicted molar refractivity (Wildman–Crippen MR) is 49.7 cm³/mol. The van der Waals surface area contributed by atoms with Crippen molar-refractivity contribution in [2.45, 2.75) is 6.04 Å². The molecule has 3 nitrogen and oxygen atoms in total.